The number of nitrogens with zero attached hydrogens (tertiary/aromatic N) is 4. The Balaban J connectivity index is 1.36. The molecule has 3 heterocycles. The van der Waals surface area contributed by atoms with Crippen molar-refractivity contribution in [3.63, 3.8) is 0 Å². The maximum absolute atomic E-state index is 13.7. The average Bonchev–Trinajstić information content (AvgIpc) is 2.99. The van der Waals surface area contributed by atoms with Gasteiger partial charge >= 0.3 is 0 Å². The SMILES string of the molecule is CN(C)C(=O)C1(N2CCCCC2)CCN(CC[C@@]2(c3ccc(Cl)c(Cl)c3)CN(c3ccc(F)cc3)C(=O)CO2)CC1. The minimum Gasteiger partial charge on any atom is -0.359 e. The van der Waals surface area contributed by atoms with E-state index in [2.05, 4.69) is 9.80 Å². The summed E-state index contributed by atoms with van der Waals surface area (Å²) in [4.78, 5) is 34.7. The predicted molar refractivity (Wildman–Crippen MR) is 160 cm³/mol. The molecule has 0 aromatic heterocycles. The van der Waals surface area contributed by atoms with Crippen molar-refractivity contribution in [3.8, 4) is 0 Å². The van der Waals surface area contributed by atoms with Crippen LogP contribution in [0.3, 0.4) is 0 Å². The van der Waals surface area contributed by atoms with Crippen LogP contribution >= 0.6 is 23.2 Å². The number of likely N-dealkylation sites (tertiary alicyclic amines) is 2. The molecule has 0 spiro atoms. The third-order valence-corrected chi connectivity index (χ3v) is 9.79. The zero-order valence-corrected chi connectivity index (χ0v) is 25.4. The molecule has 10 heteroatoms. The van der Waals surface area contributed by atoms with Gasteiger partial charge in [0.2, 0.25) is 5.91 Å². The lowest BCUT2D eigenvalue weighted by Gasteiger charge is -2.50. The second kappa shape index (κ2) is 12.6. The van der Waals surface area contributed by atoms with Crippen molar-refractivity contribution in [2.24, 2.45) is 0 Å². The van der Waals surface area contributed by atoms with Gasteiger partial charge in [0, 0.05) is 39.4 Å². The second-order valence-corrected chi connectivity index (χ2v) is 12.6. The van der Waals surface area contributed by atoms with Crippen LogP contribution in [0.1, 0.15) is 44.1 Å². The first kappa shape index (κ1) is 30.2. The predicted octanol–water partition coefficient (Wildman–Crippen LogP) is 5.19. The lowest BCUT2D eigenvalue weighted by molar-refractivity contribution is -0.147. The molecule has 41 heavy (non-hydrogen) atoms. The van der Waals surface area contributed by atoms with Gasteiger partial charge in [-0.3, -0.25) is 14.5 Å². The van der Waals surface area contributed by atoms with Gasteiger partial charge in [-0.1, -0.05) is 35.7 Å². The number of ether oxygens (including phenoxy) is 1. The molecule has 222 valence electrons. The summed E-state index contributed by atoms with van der Waals surface area (Å²) in [5.74, 6) is -0.335. The molecule has 1 atom stereocenters. The van der Waals surface area contributed by atoms with Crippen LogP contribution in [0.15, 0.2) is 42.5 Å². The number of halogens is 3. The van der Waals surface area contributed by atoms with Gasteiger partial charge in [0.15, 0.2) is 0 Å². The van der Waals surface area contributed by atoms with Gasteiger partial charge in [-0.05, 0) is 87.2 Å². The van der Waals surface area contributed by atoms with Crippen LogP contribution in [0, 0.1) is 5.82 Å². The van der Waals surface area contributed by atoms with Crippen molar-refractivity contribution in [2.45, 2.75) is 49.7 Å². The van der Waals surface area contributed by atoms with Crippen molar-refractivity contribution >= 4 is 40.7 Å². The molecular weight excluding hydrogens is 566 g/mol. The standard InChI is InChI=1S/C31H39Cl2FN4O3/c1-35(2)29(40)30(37-15-4-3-5-16-37)12-17-36(18-13-30)19-14-31(23-6-11-26(32)27(33)20-23)22-38(28(39)21-41-31)25-9-7-24(34)8-10-25/h6-11,20H,3-5,12-19,21-22H2,1-2H3/t31-/m0/s1. The molecule has 0 aliphatic carbocycles. The number of amides is 2. The minimum absolute atomic E-state index is 0.104. The molecule has 2 aromatic rings. The first-order valence-electron chi connectivity index (χ1n) is 14.5. The van der Waals surface area contributed by atoms with E-state index >= 15 is 0 Å². The van der Waals surface area contributed by atoms with E-state index in [0.29, 0.717) is 22.2 Å². The van der Waals surface area contributed by atoms with Gasteiger partial charge in [0.25, 0.3) is 5.91 Å². The molecular formula is C31H39Cl2FN4O3. The van der Waals surface area contributed by atoms with Gasteiger partial charge in [-0.15, -0.1) is 0 Å². The molecule has 3 aliphatic rings. The van der Waals surface area contributed by atoms with Crippen LogP contribution in [0.5, 0.6) is 0 Å². The van der Waals surface area contributed by atoms with Crippen LogP contribution in [0.25, 0.3) is 0 Å². The van der Waals surface area contributed by atoms with Crippen LogP contribution < -0.4 is 4.90 Å². The van der Waals surface area contributed by atoms with Crippen molar-refractivity contribution < 1.29 is 18.7 Å². The zero-order valence-electron chi connectivity index (χ0n) is 23.9. The van der Waals surface area contributed by atoms with Crippen LogP contribution in [-0.2, 0) is 19.9 Å². The Morgan fingerprint density at radius 1 is 0.976 bits per heavy atom. The molecule has 0 bridgehead atoms. The van der Waals surface area contributed by atoms with E-state index < -0.39 is 11.1 Å². The highest BCUT2D eigenvalue weighted by molar-refractivity contribution is 6.42. The Bertz CT molecular complexity index is 1250. The molecule has 0 saturated carbocycles. The van der Waals surface area contributed by atoms with Gasteiger partial charge < -0.3 is 19.4 Å². The van der Waals surface area contributed by atoms with Crippen LogP contribution in [0.4, 0.5) is 10.1 Å². The third-order valence-electron chi connectivity index (χ3n) is 9.05. The van der Waals surface area contributed by atoms with Crippen LogP contribution in [-0.4, -0.2) is 92.0 Å². The smallest absolute Gasteiger partial charge is 0.253 e. The molecule has 7 nitrogen and oxygen atoms in total. The molecule has 0 radical (unpaired) electrons. The number of likely N-dealkylation sites (N-methyl/N-ethyl adjacent to an activating group) is 1. The average molecular weight is 606 g/mol. The van der Waals surface area contributed by atoms with E-state index in [-0.39, 0.29) is 30.8 Å². The van der Waals surface area contributed by atoms with Crippen LogP contribution in [0.2, 0.25) is 10.0 Å². The number of piperidine rings is 2. The maximum Gasteiger partial charge on any atom is 0.253 e. The zero-order chi connectivity index (χ0) is 29.2. The molecule has 2 amide bonds. The molecule has 3 saturated heterocycles. The molecule has 2 aromatic carbocycles. The van der Waals surface area contributed by atoms with Gasteiger partial charge in [-0.25, -0.2) is 4.39 Å². The number of carbonyl (C=O) groups excluding carboxylic acids is 2. The Labute approximate surface area is 252 Å². The highest BCUT2D eigenvalue weighted by Crippen LogP contribution is 2.39. The molecule has 0 N–H and O–H groups in total. The highest BCUT2D eigenvalue weighted by Gasteiger charge is 2.48. The van der Waals surface area contributed by atoms with E-state index in [1.807, 2.05) is 26.2 Å². The third kappa shape index (κ3) is 6.27. The fourth-order valence-electron chi connectivity index (χ4n) is 6.66. The van der Waals surface area contributed by atoms with Gasteiger partial charge in [-0.2, -0.15) is 0 Å². The Morgan fingerprint density at radius 2 is 1.66 bits per heavy atom. The first-order valence-corrected chi connectivity index (χ1v) is 15.2. The van der Waals surface area contributed by atoms with Crippen molar-refractivity contribution in [3.05, 3.63) is 63.9 Å². The molecule has 0 unspecified atom stereocenters. The monoisotopic (exact) mass is 604 g/mol. The summed E-state index contributed by atoms with van der Waals surface area (Å²) in [6, 6.07) is 11.4. The minimum atomic E-state index is -0.836. The van der Waals surface area contributed by atoms with E-state index in [0.717, 1.165) is 64.0 Å². The molecule has 3 fully saturated rings. The summed E-state index contributed by atoms with van der Waals surface area (Å²) >= 11 is 12.7. The summed E-state index contributed by atoms with van der Waals surface area (Å²) in [6.07, 6.45) is 5.67. The van der Waals surface area contributed by atoms with E-state index in [1.54, 1.807) is 28.0 Å². The number of hydrogen-bond donors (Lipinski definition) is 0. The fraction of sp³-hybridized carbons (Fsp3) is 0.548. The lowest BCUT2D eigenvalue weighted by Crippen LogP contribution is -2.64. The number of morpholine rings is 1. The topological polar surface area (TPSA) is 56.3 Å². The quantitative estimate of drug-likeness (QED) is 0.435. The molecule has 3 aliphatic heterocycles. The number of anilines is 1. The maximum atomic E-state index is 13.7. The number of benzene rings is 2. The molecule has 5 rings (SSSR count). The summed E-state index contributed by atoms with van der Waals surface area (Å²) in [6.45, 7) is 4.43. The van der Waals surface area contributed by atoms with E-state index in [1.165, 1.54) is 18.6 Å². The van der Waals surface area contributed by atoms with Gasteiger partial charge in [0.05, 0.1) is 16.6 Å². The normalized spacial score (nSPS) is 23.9. The number of hydrogen-bond acceptors (Lipinski definition) is 5. The summed E-state index contributed by atoms with van der Waals surface area (Å²) in [7, 11) is 3.71. The number of carbonyl (C=O) groups is 2. The second-order valence-electron chi connectivity index (χ2n) is 11.7. The summed E-state index contributed by atoms with van der Waals surface area (Å²) in [5, 5.41) is 0.868. The first-order chi connectivity index (χ1) is 19.6. The Kier molecular flexibility index (Phi) is 9.26. The largest absolute Gasteiger partial charge is 0.359 e. The highest BCUT2D eigenvalue weighted by atomic mass is 35.5. The Morgan fingerprint density at radius 3 is 2.29 bits per heavy atom. The van der Waals surface area contributed by atoms with Crippen molar-refractivity contribution in [1.29, 1.82) is 0 Å². The Hall–Kier alpha value is -2.23. The summed E-state index contributed by atoms with van der Waals surface area (Å²) in [5.41, 5.74) is 0.177. The fourth-order valence-corrected chi connectivity index (χ4v) is 6.96. The lowest BCUT2D eigenvalue weighted by atomic mass is 9.82. The number of rotatable bonds is 7. The van der Waals surface area contributed by atoms with Gasteiger partial charge in [0.1, 0.15) is 23.6 Å². The van der Waals surface area contributed by atoms with Crippen molar-refractivity contribution in [2.75, 3.05) is 64.9 Å². The van der Waals surface area contributed by atoms with Crippen molar-refractivity contribution in [1.82, 2.24) is 14.7 Å². The summed E-state index contributed by atoms with van der Waals surface area (Å²) < 4.78 is 20.0. The van der Waals surface area contributed by atoms with E-state index in [4.69, 9.17) is 27.9 Å². The van der Waals surface area contributed by atoms with E-state index in [9.17, 15) is 14.0 Å².